The summed E-state index contributed by atoms with van der Waals surface area (Å²) in [4.78, 5) is 12.4. The van der Waals surface area contributed by atoms with E-state index in [2.05, 4.69) is 10.4 Å². The maximum atomic E-state index is 12.4. The number of carbonyl (C=O) groups excluding carboxylic acids is 1. The molecule has 1 aromatic carbocycles. The summed E-state index contributed by atoms with van der Waals surface area (Å²) in [6.07, 6.45) is 1.67. The van der Waals surface area contributed by atoms with E-state index in [4.69, 9.17) is 16.3 Å². The molecule has 0 saturated heterocycles. The zero-order valence-electron chi connectivity index (χ0n) is 11.2. The van der Waals surface area contributed by atoms with Crippen molar-refractivity contribution in [3.05, 3.63) is 46.2 Å². The number of aryl methyl sites for hydroxylation is 2. The van der Waals surface area contributed by atoms with Crippen molar-refractivity contribution in [2.45, 2.75) is 13.0 Å². The molecule has 0 bridgehead atoms. The molecule has 2 aromatic rings. The molecule has 1 aromatic heterocycles. The van der Waals surface area contributed by atoms with E-state index in [1.54, 1.807) is 24.0 Å². The number of rotatable bonds is 2. The number of halogens is 1. The highest BCUT2D eigenvalue weighted by molar-refractivity contribution is 6.31. The molecule has 1 amide bonds. The molecule has 1 aliphatic heterocycles. The molecule has 0 radical (unpaired) electrons. The summed E-state index contributed by atoms with van der Waals surface area (Å²) in [7, 11) is 1.74. The van der Waals surface area contributed by atoms with Crippen LogP contribution in [0.3, 0.4) is 0 Å². The maximum Gasteiger partial charge on any atom is 0.270 e. The topological polar surface area (TPSA) is 56.2 Å². The van der Waals surface area contributed by atoms with Gasteiger partial charge in [-0.1, -0.05) is 17.7 Å². The summed E-state index contributed by atoms with van der Waals surface area (Å²) in [6, 6.07) is 5.24. The molecule has 0 aliphatic carbocycles. The second-order valence-electron chi connectivity index (χ2n) is 4.79. The lowest BCUT2D eigenvalue weighted by molar-refractivity contribution is 0.0920. The van der Waals surface area contributed by atoms with Gasteiger partial charge in [0.2, 0.25) is 0 Å². The van der Waals surface area contributed by atoms with Crippen LogP contribution < -0.4 is 10.1 Å². The summed E-state index contributed by atoms with van der Waals surface area (Å²) in [5.74, 6) is 0.549. The maximum absolute atomic E-state index is 12.4. The van der Waals surface area contributed by atoms with E-state index in [9.17, 15) is 4.79 Å². The van der Waals surface area contributed by atoms with E-state index in [0.717, 1.165) is 16.9 Å². The highest BCUT2D eigenvalue weighted by Gasteiger charge is 2.29. The molecule has 104 valence electrons. The van der Waals surface area contributed by atoms with Gasteiger partial charge >= 0.3 is 0 Å². The van der Waals surface area contributed by atoms with E-state index >= 15 is 0 Å². The second-order valence-corrected chi connectivity index (χ2v) is 5.20. The molecular formula is C14H14ClN3O2. The minimum absolute atomic E-state index is 0.177. The Morgan fingerprint density at radius 1 is 1.55 bits per heavy atom. The number of hydrogen-bond donors (Lipinski definition) is 1. The first kappa shape index (κ1) is 13.0. The number of fused-ring (bicyclic) bond motifs is 1. The van der Waals surface area contributed by atoms with Crippen molar-refractivity contribution in [2.24, 2.45) is 7.05 Å². The molecule has 3 rings (SSSR count). The first-order valence-electron chi connectivity index (χ1n) is 6.28. The summed E-state index contributed by atoms with van der Waals surface area (Å²) >= 11 is 6.19. The molecule has 0 spiro atoms. The molecule has 0 fully saturated rings. The summed E-state index contributed by atoms with van der Waals surface area (Å²) in [6.45, 7) is 2.25. The van der Waals surface area contributed by atoms with Gasteiger partial charge in [-0.15, -0.1) is 0 Å². The Hall–Kier alpha value is -2.01. The van der Waals surface area contributed by atoms with Crippen LogP contribution in [0.5, 0.6) is 5.75 Å². The largest absolute Gasteiger partial charge is 0.491 e. The van der Waals surface area contributed by atoms with Crippen LogP contribution in [-0.2, 0) is 7.05 Å². The van der Waals surface area contributed by atoms with Crippen molar-refractivity contribution in [1.29, 1.82) is 0 Å². The van der Waals surface area contributed by atoms with E-state index in [0.29, 0.717) is 17.3 Å². The number of benzene rings is 1. The number of carbonyl (C=O) groups is 1. The Bertz CT molecular complexity index is 662. The lowest BCUT2D eigenvalue weighted by atomic mass is 10.1. The van der Waals surface area contributed by atoms with E-state index < -0.39 is 0 Å². The summed E-state index contributed by atoms with van der Waals surface area (Å²) < 4.78 is 7.11. The fourth-order valence-corrected chi connectivity index (χ4v) is 2.75. The van der Waals surface area contributed by atoms with Gasteiger partial charge < -0.3 is 10.1 Å². The monoisotopic (exact) mass is 291 g/mol. The van der Waals surface area contributed by atoms with Crippen LogP contribution in [0.15, 0.2) is 24.4 Å². The summed E-state index contributed by atoms with van der Waals surface area (Å²) in [5.41, 5.74) is 2.22. The van der Waals surface area contributed by atoms with Gasteiger partial charge in [0.25, 0.3) is 5.91 Å². The van der Waals surface area contributed by atoms with Crippen molar-refractivity contribution in [1.82, 2.24) is 15.1 Å². The van der Waals surface area contributed by atoms with Gasteiger partial charge in [0, 0.05) is 17.6 Å². The number of hydrogen-bond acceptors (Lipinski definition) is 3. The highest BCUT2D eigenvalue weighted by Crippen LogP contribution is 2.37. The molecule has 1 atom stereocenters. The van der Waals surface area contributed by atoms with Crippen molar-refractivity contribution in [3.63, 3.8) is 0 Å². The molecule has 1 N–H and O–H groups in total. The van der Waals surface area contributed by atoms with Crippen LogP contribution in [0.1, 0.15) is 27.7 Å². The third kappa shape index (κ3) is 2.04. The Morgan fingerprint density at radius 3 is 3.05 bits per heavy atom. The molecule has 1 unspecified atom stereocenters. The predicted molar refractivity (Wildman–Crippen MR) is 75.1 cm³/mol. The number of nitrogens with zero attached hydrogens (tertiary/aromatic N) is 2. The first-order chi connectivity index (χ1) is 9.58. The van der Waals surface area contributed by atoms with E-state index in [1.165, 1.54) is 0 Å². The van der Waals surface area contributed by atoms with Gasteiger partial charge in [-0.2, -0.15) is 5.10 Å². The first-order valence-corrected chi connectivity index (χ1v) is 6.66. The van der Waals surface area contributed by atoms with Crippen molar-refractivity contribution in [2.75, 3.05) is 6.61 Å². The second kappa shape index (κ2) is 4.83. The average molecular weight is 292 g/mol. The smallest absolute Gasteiger partial charge is 0.270 e. The minimum atomic E-state index is -0.236. The minimum Gasteiger partial charge on any atom is -0.491 e. The lowest BCUT2D eigenvalue weighted by Crippen LogP contribution is -2.31. The van der Waals surface area contributed by atoms with E-state index in [-0.39, 0.29) is 11.9 Å². The Balaban J connectivity index is 1.86. The third-order valence-corrected chi connectivity index (χ3v) is 3.74. The number of amides is 1. The van der Waals surface area contributed by atoms with Gasteiger partial charge in [-0.05, 0) is 24.6 Å². The standard InChI is InChI=1S/C14H14ClN3O2/c1-8-6-16-18(2)13(8)14(19)17-10-7-20-11-5-3-4-9(15)12(10)11/h3-6,10H,7H2,1-2H3,(H,17,19). The molecule has 5 nitrogen and oxygen atoms in total. The van der Waals surface area contributed by atoms with Crippen LogP contribution in [0, 0.1) is 6.92 Å². The average Bonchev–Trinajstić information content (AvgIpc) is 2.95. The third-order valence-electron chi connectivity index (χ3n) is 3.41. The zero-order valence-corrected chi connectivity index (χ0v) is 11.9. The van der Waals surface area contributed by atoms with Gasteiger partial charge in [0.1, 0.15) is 18.1 Å². The van der Waals surface area contributed by atoms with Crippen LogP contribution in [-0.4, -0.2) is 22.3 Å². The van der Waals surface area contributed by atoms with E-state index in [1.807, 2.05) is 19.1 Å². The van der Waals surface area contributed by atoms with Gasteiger partial charge in [-0.25, -0.2) is 0 Å². The summed E-state index contributed by atoms with van der Waals surface area (Å²) in [5, 5.41) is 7.63. The van der Waals surface area contributed by atoms with Gasteiger partial charge in [0.05, 0.1) is 12.2 Å². The Labute approximate surface area is 121 Å². The molecule has 2 heterocycles. The number of nitrogens with one attached hydrogen (secondary N) is 1. The number of aromatic nitrogens is 2. The molecule has 20 heavy (non-hydrogen) atoms. The van der Waals surface area contributed by atoms with Crippen LogP contribution in [0.2, 0.25) is 5.02 Å². The Morgan fingerprint density at radius 2 is 2.35 bits per heavy atom. The normalized spacial score (nSPS) is 16.6. The Kier molecular flexibility index (Phi) is 3.14. The van der Waals surface area contributed by atoms with Crippen molar-refractivity contribution >= 4 is 17.5 Å². The lowest BCUT2D eigenvalue weighted by Gasteiger charge is -2.13. The van der Waals surface area contributed by atoms with Crippen molar-refractivity contribution < 1.29 is 9.53 Å². The number of ether oxygens (including phenoxy) is 1. The SMILES string of the molecule is Cc1cnn(C)c1C(=O)NC1COc2cccc(Cl)c21. The zero-order chi connectivity index (χ0) is 14.3. The van der Waals surface area contributed by atoms with Crippen LogP contribution in [0.25, 0.3) is 0 Å². The van der Waals surface area contributed by atoms with Crippen LogP contribution >= 0.6 is 11.6 Å². The fourth-order valence-electron chi connectivity index (χ4n) is 2.45. The molecule has 0 saturated carbocycles. The van der Waals surface area contributed by atoms with Gasteiger partial charge in [-0.3, -0.25) is 9.48 Å². The molecule has 1 aliphatic rings. The van der Waals surface area contributed by atoms with Crippen LogP contribution in [0.4, 0.5) is 0 Å². The predicted octanol–water partition coefficient (Wildman–Crippen LogP) is 2.25. The molecule has 6 heteroatoms. The highest BCUT2D eigenvalue weighted by atomic mass is 35.5. The fraction of sp³-hybridized carbons (Fsp3) is 0.286. The quantitative estimate of drug-likeness (QED) is 0.923. The molecular weight excluding hydrogens is 278 g/mol. The van der Waals surface area contributed by atoms with Gasteiger partial charge in [0.15, 0.2) is 0 Å². The van der Waals surface area contributed by atoms with Crippen molar-refractivity contribution in [3.8, 4) is 5.75 Å².